The maximum atomic E-state index is 11.3. The Morgan fingerprint density at radius 1 is 1.40 bits per heavy atom. The molecule has 1 rings (SSSR count). The van der Waals surface area contributed by atoms with E-state index in [-0.39, 0.29) is 0 Å². The van der Waals surface area contributed by atoms with Gasteiger partial charge in [0.05, 0.1) is 18.3 Å². The number of rotatable bonds is 6. The number of carbonyl (C=O) groups excluding carboxylic acids is 1. The van der Waals surface area contributed by atoms with E-state index in [9.17, 15) is 9.90 Å². The van der Waals surface area contributed by atoms with Gasteiger partial charge in [-0.1, -0.05) is 12.1 Å². The molecule has 1 N–H and O–H groups in total. The van der Waals surface area contributed by atoms with E-state index in [1.54, 1.807) is 33.8 Å². The topological polar surface area (TPSA) is 55.8 Å². The number of ether oxygens (including phenoxy) is 2. The minimum atomic E-state index is -0.769. The van der Waals surface area contributed by atoms with Crippen LogP contribution in [0.2, 0.25) is 0 Å². The number of hydrogen-bond acceptors (Lipinski definition) is 4. The smallest absolute Gasteiger partial charge is 0.334 e. The molecule has 4 nitrogen and oxygen atoms in total. The molecule has 4 heteroatoms. The standard InChI is InChI=1S/C16H22O4/c1-5-19-15(17)9-12(2)20-14-8-6-7-13(10-14)11-16(3,4)18/h6-10,18H,5,11H2,1-4H3/b12-9-. The Morgan fingerprint density at radius 2 is 2.10 bits per heavy atom. The van der Waals surface area contributed by atoms with E-state index in [0.717, 1.165) is 5.56 Å². The molecule has 0 aliphatic heterocycles. The van der Waals surface area contributed by atoms with Crippen LogP contribution in [-0.2, 0) is 16.0 Å². The maximum absolute atomic E-state index is 11.3. The average Bonchev–Trinajstić information content (AvgIpc) is 2.26. The van der Waals surface area contributed by atoms with Gasteiger partial charge >= 0.3 is 5.97 Å². The van der Waals surface area contributed by atoms with Gasteiger partial charge in [-0.3, -0.25) is 0 Å². The average molecular weight is 278 g/mol. The summed E-state index contributed by atoms with van der Waals surface area (Å²) in [7, 11) is 0. The van der Waals surface area contributed by atoms with Gasteiger partial charge in [-0.25, -0.2) is 4.79 Å². The molecule has 0 aromatic heterocycles. The van der Waals surface area contributed by atoms with E-state index in [2.05, 4.69) is 0 Å². The van der Waals surface area contributed by atoms with E-state index in [1.807, 2.05) is 18.2 Å². The van der Waals surface area contributed by atoms with E-state index in [4.69, 9.17) is 9.47 Å². The molecule has 0 saturated heterocycles. The number of carbonyl (C=O) groups is 1. The third-order valence-electron chi connectivity index (χ3n) is 2.42. The zero-order valence-electron chi connectivity index (χ0n) is 12.5. The van der Waals surface area contributed by atoms with Crippen molar-refractivity contribution in [1.29, 1.82) is 0 Å². The molecular weight excluding hydrogens is 256 g/mol. The van der Waals surface area contributed by atoms with Crippen molar-refractivity contribution in [2.75, 3.05) is 6.61 Å². The second kappa shape index (κ2) is 7.10. The highest BCUT2D eigenvalue weighted by Gasteiger charge is 2.13. The van der Waals surface area contributed by atoms with Crippen LogP contribution < -0.4 is 4.74 Å². The van der Waals surface area contributed by atoms with Crippen molar-refractivity contribution < 1.29 is 19.4 Å². The lowest BCUT2D eigenvalue weighted by Gasteiger charge is -2.17. The summed E-state index contributed by atoms with van der Waals surface area (Å²) in [6.07, 6.45) is 1.84. The van der Waals surface area contributed by atoms with Crippen LogP contribution in [0, 0.1) is 0 Å². The van der Waals surface area contributed by atoms with Crippen LogP contribution in [0.15, 0.2) is 36.1 Å². The molecule has 0 bridgehead atoms. The lowest BCUT2D eigenvalue weighted by molar-refractivity contribution is -0.137. The zero-order valence-corrected chi connectivity index (χ0v) is 12.5. The molecule has 1 aromatic rings. The molecule has 0 radical (unpaired) electrons. The minimum Gasteiger partial charge on any atom is -0.463 e. The largest absolute Gasteiger partial charge is 0.463 e. The third-order valence-corrected chi connectivity index (χ3v) is 2.42. The van der Waals surface area contributed by atoms with Crippen molar-refractivity contribution in [3.63, 3.8) is 0 Å². The first kappa shape index (κ1) is 16.2. The summed E-state index contributed by atoms with van der Waals surface area (Å²) in [5, 5.41) is 9.81. The van der Waals surface area contributed by atoms with Gasteiger partial charge in [-0.2, -0.15) is 0 Å². The third kappa shape index (κ3) is 6.38. The summed E-state index contributed by atoms with van der Waals surface area (Å²) < 4.78 is 10.4. The molecule has 0 unspecified atom stereocenters. The van der Waals surface area contributed by atoms with Crippen molar-refractivity contribution in [2.24, 2.45) is 0 Å². The van der Waals surface area contributed by atoms with Crippen molar-refractivity contribution in [3.05, 3.63) is 41.7 Å². The van der Waals surface area contributed by atoms with Crippen LogP contribution in [0.3, 0.4) is 0 Å². The van der Waals surface area contributed by atoms with E-state index in [1.165, 1.54) is 6.08 Å². The van der Waals surface area contributed by atoms with Crippen LogP contribution in [0.1, 0.15) is 33.3 Å². The second-order valence-corrected chi connectivity index (χ2v) is 5.25. The van der Waals surface area contributed by atoms with E-state index in [0.29, 0.717) is 24.5 Å². The molecule has 0 atom stereocenters. The highest BCUT2D eigenvalue weighted by atomic mass is 16.5. The van der Waals surface area contributed by atoms with Crippen molar-refractivity contribution >= 4 is 5.97 Å². The quantitative estimate of drug-likeness (QED) is 0.494. The number of benzene rings is 1. The summed E-state index contributed by atoms with van der Waals surface area (Å²) in [6, 6.07) is 7.43. The van der Waals surface area contributed by atoms with Crippen molar-refractivity contribution in [3.8, 4) is 5.75 Å². The first-order valence-corrected chi connectivity index (χ1v) is 6.64. The zero-order chi connectivity index (χ0) is 15.2. The Kier molecular flexibility index (Phi) is 5.77. The lowest BCUT2D eigenvalue weighted by Crippen LogP contribution is -2.21. The molecule has 0 aliphatic carbocycles. The molecule has 0 amide bonds. The molecular formula is C16H22O4. The molecule has 20 heavy (non-hydrogen) atoms. The summed E-state index contributed by atoms with van der Waals surface area (Å²) in [5.41, 5.74) is 0.202. The van der Waals surface area contributed by atoms with Crippen LogP contribution in [0.5, 0.6) is 5.75 Å². The number of allylic oxidation sites excluding steroid dienone is 1. The molecule has 0 fully saturated rings. The summed E-state index contributed by atoms with van der Waals surface area (Å²) in [4.78, 5) is 11.3. The highest BCUT2D eigenvalue weighted by Crippen LogP contribution is 2.19. The molecule has 0 spiro atoms. The molecule has 0 aliphatic rings. The summed E-state index contributed by atoms with van der Waals surface area (Å²) in [6.45, 7) is 7.30. The normalized spacial score (nSPS) is 12.2. The number of aliphatic hydroxyl groups is 1. The summed E-state index contributed by atoms with van der Waals surface area (Å²) >= 11 is 0. The van der Waals surface area contributed by atoms with Gasteiger partial charge < -0.3 is 14.6 Å². The number of hydrogen-bond donors (Lipinski definition) is 1. The first-order valence-electron chi connectivity index (χ1n) is 6.64. The van der Waals surface area contributed by atoms with Gasteiger partial charge in [0.1, 0.15) is 11.5 Å². The van der Waals surface area contributed by atoms with Gasteiger partial charge in [0.2, 0.25) is 0 Å². The Bertz CT molecular complexity index is 483. The van der Waals surface area contributed by atoms with Gasteiger partial charge in [0.25, 0.3) is 0 Å². The van der Waals surface area contributed by atoms with Crippen LogP contribution >= 0.6 is 0 Å². The predicted octanol–water partition coefficient (Wildman–Crippen LogP) is 2.85. The minimum absolute atomic E-state index is 0.337. The Hall–Kier alpha value is -1.81. The highest BCUT2D eigenvalue weighted by molar-refractivity contribution is 5.82. The maximum Gasteiger partial charge on any atom is 0.334 e. The number of esters is 1. The molecule has 0 saturated carbocycles. The Balaban J connectivity index is 2.73. The fourth-order valence-corrected chi connectivity index (χ4v) is 1.78. The van der Waals surface area contributed by atoms with Crippen molar-refractivity contribution in [2.45, 2.75) is 39.7 Å². The van der Waals surface area contributed by atoms with Gasteiger partial charge in [0, 0.05) is 6.42 Å². The Labute approximate surface area is 120 Å². The first-order chi connectivity index (χ1) is 9.30. The van der Waals surface area contributed by atoms with Gasteiger partial charge in [-0.05, 0) is 45.4 Å². The Morgan fingerprint density at radius 3 is 2.70 bits per heavy atom. The lowest BCUT2D eigenvalue weighted by atomic mass is 9.99. The molecule has 0 heterocycles. The van der Waals surface area contributed by atoms with Crippen LogP contribution in [0.25, 0.3) is 0 Å². The predicted molar refractivity (Wildman–Crippen MR) is 77.5 cm³/mol. The fraction of sp³-hybridized carbons (Fsp3) is 0.438. The summed E-state index contributed by atoms with van der Waals surface area (Å²) in [5.74, 6) is 0.673. The SMILES string of the molecule is CCOC(=O)/C=C(/C)Oc1cccc(CC(C)(C)O)c1. The van der Waals surface area contributed by atoms with E-state index >= 15 is 0 Å². The fourth-order valence-electron chi connectivity index (χ4n) is 1.78. The monoisotopic (exact) mass is 278 g/mol. The van der Waals surface area contributed by atoms with Gasteiger partial charge in [-0.15, -0.1) is 0 Å². The van der Waals surface area contributed by atoms with Crippen LogP contribution in [-0.4, -0.2) is 23.3 Å². The molecule has 110 valence electrons. The van der Waals surface area contributed by atoms with Crippen molar-refractivity contribution in [1.82, 2.24) is 0 Å². The van der Waals surface area contributed by atoms with E-state index < -0.39 is 11.6 Å². The van der Waals surface area contributed by atoms with Gasteiger partial charge in [0.15, 0.2) is 0 Å². The molecule has 1 aromatic carbocycles. The van der Waals surface area contributed by atoms with Crippen LogP contribution in [0.4, 0.5) is 0 Å². The second-order valence-electron chi connectivity index (χ2n) is 5.25.